The lowest BCUT2D eigenvalue weighted by atomic mass is 10.3. The van der Waals surface area contributed by atoms with Crippen molar-refractivity contribution in [2.24, 2.45) is 0 Å². The maximum Gasteiger partial charge on any atom is 0.460 e. The molecule has 0 spiro atoms. The summed E-state index contributed by atoms with van der Waals surface area (Å²) in [7, 11) is -2.18. The van der Waals surface area contributed by atoms with Crippen LogP contribution in [0.1, 0.15) is 0 Å². The van der Waals surface area contributed by atoms with Crippen molar-refractivity contribution in [2.45, 2.75) is 0 Å². The van der Waals surface area contributed by atoms with Crippen molar-refractivity contribution in [1.82, 2.24) is 0 Å². The first-order chi connectivity index (χ1) is 9.45. The van der Waals surface area contributed by atoms with Gasteiger partial charge in [-0.2, -0.15) is 0 Å². The predicted molar refractivity (Wildman–Crippen MR) is 83.3 cm³/mol. The standard InChI is InChI=1S/C12H7Cl4O3P/c13-9-3-1-7(5-11(9)15)18-20(17)19-8-2-4-10(14)12(16)6-8/h1-6,17H. The fourth-order valence-corrected chi connectivity index (χ4v) is 2.47. The smallest absolute Gasteiger partial charge is 0.418 e. The number of hydrogen-bond acceptors (Lipinski definition) is 3. The lowest BCUT2D eigenvalue weighted by Crippen LogP contribution is -1.94. The molecule has 0 aliphatic heterocycles. The molecule has 0 bridgehead atoms. The van der Waals surface area contributed by atoms with Crippen LogP contribution in [0.4, 0.5) is 0 Å². The molecule has 0 aromatic heterocycles. The summed E-state index contributed by atoms with van der Waals surface area (Å²) in [6, 6.07) is 9.21. The van der Waals surface area contributed by atoms with Gasteiger partial charge in [0.05, 0.1) is 20.1 Å². The Hall–Kier alpha value is -0.410. The van der Waals surface area contributed by atoms with Gasteiger partial charge >= 0.3 is 8.60 Å². The Morgan fingerprint density at radius 3 is 1.45 bits per heavy atom. The largest absolute Gasteiger partial charge is 0.460 e. The van der Waals surface area contributed by atoms with Crippen LogP contribution in [0.25, 0.3) is 0 Å². The molecule has 2 aromatic carbocycles. The minimum Gasteiger partial charge on any atom is -0.418 e. The molecule has 8 heteroatoms. The number of benzene rings is 2. The van der Waals surface area contributed by atoms with Gasteiger partial charge in [-0.1, -0.05) is 46.4 Å². The van der Waals surface area contributed by atoms with Gasteiger partial charge in [-0.15, -0.1) is 0 Å². The first-order valence-corrected chi connectivity index (χ1v) is 7.85. The zero-order valence-corrected chi connectivity index (χ0v) is 13.6. The van der Waals surface area contributed by atoms with Crippen LogP contribution in [0.2, 0.25) is 20.1 Å². The van der Waals surface area contributed by atoms with E-state index in [1.807, 2.05) is 0 Å². The molecule has 0 saturated heterocycles. The van der Waals surface area contributed by atoms with E-state index < -0.39 is 8.60 Å². The summed E-state index contributed by atoms with van der Waals surface area (Å²) in [4.78, 5) is 9.74. The molecular weight excluding hydrogens is 365 g/mol. The molecule has 2 rings (SSSR count). The molecule has 0 unspecified atom stereocenters. The Morgan fingerprint density at radius 1 is 0.700 bits per heavy atom. The minimum absolute atomic E-state index is 0.321. The highest BCUT2D eigenvalue weighted by molar-refractivity contribution is 7.41. The Bertz CT molecular complexity index is 570. The van der Waals surface area contributed by atoms with Crippen molar-refractivity contribution < 1.29 is 13.9 Å². The van der Waals surface area contributed by atoms with Crippen molar-refractivity contribution in [1.29, 1.82) is 0 Å². The van der Waals surface area contributed by atoms with E-state index in [1.165, 1.54) is 12.1 Å². The molecule has 106 valence electrons. The molecule has 0 saturated carbocycles. The summed E-state index contributed by atoms with van der Waals surface area (Å²) < 4.78 is 10.4. The van der Waals surface area contributed by atoms with Crippen LogP contribution in [0.5, 0.6) is 11.5 Å². The topological polar surface area (TPSA) is 38.7 Å². The predicted octanol–water partition coefficient (Wildman–Crippen LogP) is 5.98. The first kappa shape index (κ1) is 16.0. The Kier molecular flexibility index (Phi) is 5.62. The van der Waals surface area contributed by atoms with Gasteiger partial charge in [0.1, 0.15) is 11.5 Å². The number of hydrogen-bond donors (Lipinski definition) is 1. The van der Waals surface area contributed by atoms with E-state index in [4.69, 9.17) is 55.5 Å². The first-order valence-electron chi connectivity index (χ1n) is 5.21. The second-order valence-electron chi connectivity index (χ2n) is 3.57. The van der Waals surface area contributed by atoms with Crippen molar-refractivity contribution in [3.05, 3.63) is 56.5 Å². The van der Waals surface area contributed by atoms with Crippen LogP contribution in [0, 0.1) is 0 Å². The third-order valence-electron chi connectivity index (χ3n) is 2.15. The number of halogens is 4. The molecule has 2 aromatic rings. The van der Waals surface area contributed by atoms with E-state index in [2.05, 4.69) is 0 Å². The monoisotopic (exact) mass is 370 g/mol. The van der Waals surface area contributed by atoms with Gasteiger partial charge in [0.25, 0.3) is 0 Å². The third kappa shape index (κ3) is 4.29. The molecule has 0 aliphatic rings. The molecule has 1 N–H and O–H groups in total. The van der Waals surface area contributed by atoms with Crippen LogP contribution in [0.15, 0.2) is 36.4 Å². The molecule has 0 heterocycles. The molecule has 0 fully saturated rings. The SMILES string of the molecule is OP(Oc1ccc(Cl)c(Cl)c1)Oc1ccc(Cl)c(Cl)c1. The van der Waals surface area contributed by atoms with Crippen LogP contribution in [-0.2, 0) is 0 Å². The van der Waals surface area contributed by atoms with Crippen molar-refractivity contribution in [2.75, 3.05) is 0 Å². The molecular formula is C12H7Cl4O3P. The van der Waals surface area contributed by atoms with Gasteiger partial charge < -0.3 is 13.9 Å². The normalized spacial score (nSPS) is 10.7. The minimum atomic E-state index is -2.18. The lowest BCUT2D eigenvalue weighted by molar-refractivity contribution is 0.382. The summed E-state index contributed by atoms with van der Waals surface area (Å²) >= 11 is 23.2. The van der Waals surface area contributed by atoms with Crippen LogP contribution in [-0.4, -0.2) is 4.89 Å². The average molecular weight is 372 g/mol. The second-order valence-corrected chi connectivity index (χ2v) is 6.04. The molecule has 3 nitrogen and oxygen atoms in total. The van der Waals surface area contributed by atoms with E-state index >= 15 is 0 Å². The maximum atomic E-state index is 9.74. The van der Waals surface area contributed by atoms with Crippen LogP contribution < -0.4 is 9.05 Å². The van der Waals surface area contributed by atoms with Gasteiger partial charge in [0.2, 0.25) is 0 Å². The molecule has 0 atom stereocenters. The summed E-state index contributed by atoms with van der Waals surface area (Å²) in [5.41, 5.74) is 0. The highest BCUT2D eigenvalue weighted by Gasteiger charge is 2.13. The van der Waals surface area contributed by atoms with E-state index in [0.29, 0.717) is 31.6 Å². The Balaban J connectivity index is 2.02. The molecule has 20 heavy (non-hydrogen) atoms. The van der Waals surface area contributed by atoms with E-state index in [-0.39, 0.29) is 0 Å². The van der Waals surface area contributed by atoms with E-state index in [9.17, 15) is 4.89 Å². The average Bonchev–Trinajstić information content (AvgIpc) is 2.38. The quantitative estimate of drug-likeness (QED) is 0.672. The van der Waals surface area contributed by atoms with Crippen molar-refractivity contribution in [3.63, 3.8) is 0 Å². The number of rotatable bonds is 4. The molecule has 0 amide bonds. The second kappa shape index (κ2) is 7.04. The van der Waals surface area contributed by atoms with Gasteiger partial charge in [-0.3, -0.25) is 0 Å². The van der Waals surface area contributed by atoms with Crippen molar-refractivity contribution in [3.8, 4) is 11.5 Å². The van der Waals surface area contributed by atoms with Crippen molar-refractivity contribution >= 4 is 55.0 Å². The van der Waals surface area contributed by atoms with E-state index in [1.54, 1.807) is 24.3 Å². The fourth-order valence-electron chi connectivity index (χ4n) is 1.27. The van der Waals surface area contributed by atoms with Gasteiger partial charge in [0, 0.05) is 12.1 Å². The molecule has 0 radical (unpaired) electrons. The van der Waals surface area contributed by atoms with Crippen LogP contribution in [0.3, 0.4) is 0 Å². The lowest BCUT2D eigenvalue weighted by Gasteiger charge is -2.13. The van der Waals surface area contributed by atoms with Gasteiger partial charge in [-0.25, -0.2) is 0 Å². The van der Waals surface area contributed by atoms with Crippen LogP contribution >= 0.6 is 55.0 Å². The van der Waals surface area contributed by atoms with Gasteiger partial charge in [0.15, 0.2) is 0 Å². The van der Waals surface area contributed by atoms with Gasteiger partial charge in [-0.05, 0) is 24.3 Å². The zero-order chi connectivity index (χ0) is 14.7. The third-order valence-corrected chi connectivity index (χ3v) is 4.36. The highest BCUT2D eigenvalue weighted by Crippen LogP contribution is 2.39. The summed E-state index contributed by atoms with van der Waals surface area (Å²) in [6.45, 7) is 0. The summed E-state index contributed by atoms with van der Waals surface area (Å²) in [5, 5.41) is 1.43. The Labute approximate surface area is 136 Å². The molecule has 0 aliphatic carbocycles. The zero-order valence-electron chi connectivity index (χ0n) is 9.69. The summed E-state index contributed by atoms with van der Waals surface area (Å²) in [5.74, 6) is 0.682. The maximum absolute atomic E-state index is 9.74. The fraction of sp³-hybridized carbons (Fsp3) is 0. The van der Waals surface area contributed by atoms with E-state index in [0.717, 1.165) is 0 Å². The highest BCUT2D eigenvalue weighted by atomic mass is 35.5. The Morgan fingerprint density at radius 2 is 1.10 bits per heavy atom. The summed E-state index contributed by atoms with van der Waals surface area (Å²) in [6.07, 6.45) is 0.